The molecule has 0 saturated carbocycles. The van der Waals surface area contributed by atoms with Crippen LogP contribution in [0.2, 0.25) is 0 Å². The number of benzene rings is 2. The molecule has 2 aromatic carbocycles. The standard InChI is InChI=1S/C16H13BrF2NO3PS/c17-14-7-13(4-5-15(14)23-24(21,22)16(18)19)10-25-9-12-3-1-2-11(6-12)8-20/h1-7,16H,9-10H2,(H,21,22). The third-order valence-electron chi connectivity index (χ3n) is 3.07. The van der Waals surface area contributed by atoms with Crippen LogP contribution in [0.15, 0.2) is 46.9 Å². The summed E-state index contributed by atoms with van der Waals surface area (Å²) in [5.41, 5.74) is 2.53. The van der Waals surface area contributed by atoms with Crippen molar-refractivity contribution in [2.75, 3.05) is 0 Å². The maximum absolute atomic E-state index is 12.4. The largest absolute Gasteiger partial charge is 0.442 e. The number of halogens is 3. The van der Waals surface area contributed by atoms with Crippen LogP contribution in [0.5, 0.6) is 5.75 Å². The number of nitriles is 1. The minimum absolute atomic E-state index is 0.110. The lowest BCUT2D eigenvalue weighted by Crippen LogP contribution is -2.01. The Balaban J connectivity index is 1.96. The van der Waals surface area contributed by atoms with Gasteiger partial charge in [-0.15, -0.1) is 0 Å². The fourth-order valence-electron chi connectivity index (χ4n) is 1.91. The second-order valence-electron chi connectivity index (χ2n) is 5.00. The summed E-state index contributed by atoms with van der Waals surface area (Å²) in [4.78, 5) is 9.08. The lowest BCUT2D eigenvalue weighted by atomic mass is 10.2. The fraction of sp³-hybridized carbons (Fsp3) is 0.188. The zero-order chi connectivity index (χ0) is 18.4. The van der Waals surface area contributed by atoms with Crippen molar-refractivity contribution in [3.63, 3.8) is 0 Å². The van der Waals surface area contributed by atoms with Crippen molar-refractivity contribution in [3.8, 4) is 11.8 Å². The maximum Gasteiger partial charge on any atom is 0.442 e. The SMILES string of the molecule is N#Cc1cccc(CSCc2ccc(OP(=O)(O)C(F)F)c(Br)c2)c1. The number of alkyl halides is 2. The summed E-state index contributed by atoms with van der Waals surface area (Å²) in [6.45, 7) is 0. The van der Waals surface area contributed by atoms with Gasteiger partial charge in [-0.25, -0.2) is 4.57 Å². The first kappa shape index (κ1) is 19.9. The molecule has 0 radical (unpaired) electrons. The Labute approximate surface area is 156 Å². The van der Waals surface area contributed by atoms with E-state index in [9.17, 15) is 13.3 Å². The van der Waals surface area contributed by atoms with Gasteiger partial charge in [-0.3, -0.25) is 0 Å². The highest BCUT2D eigenvalue weighted by atomic mass is 79.9. The van der Waals surface area contributed by atoms with Crippen molar-refractivity contribution in [1.29, 1.82) is 5.26 Å². The van der Waals surface area contributed by atoms with Gasteiger partial charge in [0, 0.05) is 11.5 Å². The smallest absolute Gasteiger partial charge is 0.420 e. The summed E-state index contributed by atoms with van der Waals surface area (Å²) in [6, 6.07) is 14.1. The quantitative estimate of drug-likeness (QED) is 0.564. The second kappa shape index (κ2) is 8.81. The molecule has 25 heavy (non-hydrogen) atoms. The van der Waals surface area contributed by atoms with Crippen LogP contribution < -0.4 is 4.52 Å². The van der Waals surface area contributed by atoms with Crippen molar-refractivity contribution in [2.45, 2.75) is 17.7 Å². The highest BCUT2D eigenvalue weighted by Crippen LogP contribution is 2.50. The van der Waals surface area contributed by atoms with Crippen LogP contribution in [-0.4, -0.2) is 11.1 Å². The molecule has 0 spiro atoms. The third-order valence-corrected chi connectivity index (χ3v) is 5.71. The van der Waals surface area contributed by atoms with Gasteiger partial charge in [-0.2, -0.15) is 25.8 Å². The summed E-state index contributed by atoms with van der Waals surface area (Å²) < 4.78 is 40.9. The summed E-state index contributed by atoms with van der Waals surface area (Å²) in [6.07, 6.45) is -3.46. The number of thioether (sulfide) groups is 1. The molecule has 4 nitrogen and oxygen atoms in total. The minimum Gasteiger partial charge on any atom is -0.420 e. The molecule has 0 aromatic heterocycles. The molecule has 0 saturated heterocycles. The zero-order valence-corrected chi connectivity index (χ0v) is 16.0. The molecule has 0 heterocycles. The molecule has 0 fully saturated rings. The number of hydrogen-bond donors (Lipinski definition) is 1. The summed E-state index contributed by atoms with van der Waals surface area (Å²) >= 11 is 4.77. The molecule has 0 aliphatic rings. The molecule has 1 unspecified atom stereocenters. The Morgan fingerprint density at radius 2 is 1.92 bits per heavy atom. The van der Waals surface area contributed by atoms with Crippen LogP contribution in [0.25, 0.3) is 0 Å². The van der Waals surface area contributed by atoms with E-state index in [2.05, 4.69) is 26.5 Å². The van der Waals surface area contributed by atoms with E-state index in [-0.39, 0.29) is 5.75 Å². The lowest BCUT2D eigenvalue weighted by Gasteiger charge is -2.14. The van der Waals surface area contributed by atoms with Gasteiger partial charge >= 0.3 is 13.8 Å². The van der Waals surface area contributed by atoms with Crippen LogP contribution in [-0.2, 0) is 16.1 Å². The number of rotatable bonds is 7. The second-order valence-corrected chi connectivity index (χ2v) is 8.54. The van der Waals surface area contributed by atoms with Gasteiger partial charge in [0.1, 0.15) is 5.75 Å². The van der Waals surface area contributed by atoms with E-state index < -0.39 is 13.8 Å². The van der Waals surface area contributed by atoms with Gasteiger partial charge in [-0.1, -0.05) is 18.2 Å². The van der Waals surface area contributed by atoms with Gasteiger partial charge < -0.3 is 9.42 Å². The molecule has 2 rings (SSSR count). The van der Waals surface area contributed by atoms with Crippen molar-refractivity contribution in [1.82, 2.24) is 0 Å². The molecule has 0 aliphatic heterocycles. The van der Waals surface area contributed by atoms with Crippen molar-refractivity contribution < 1.29 is 22.8 Å². The Bertz CT molecular complexity index is 844. The topological polar surface area (TPSA) is 70.3 Å². The predicted octanol–water partition coefficient (Wildman–Crippen LogP) is 5.54. The van der Waals surface area contributed by atoms with Gasteiger partial charge in [0.15, 0.2) is 0 Å². The van der Waals surface area contributed by atoms with Crippen molar-refractivity contribution in [3.05, 3.63) is 63.6 Å². The summed E-state index contributed by atoms with van der Waals surface area (Å²) in [5.74, 6) is 1.24. The average molecular weight is 448 g/mol. The summed E-state index contributed by atoms with van der Waals surface area (Å²) in [7, 11) is -4.99. The maximum atomic E-state index is 12.4. The molecule has 9 heteroatoms. The van der Waals surface area contributed by atoms with Gasteiger partial charge in [0.05, 0.1) is 16.1 Å². The van der Waals surface area contributed by atoms with Gasteiger partial charge in [0.2, 0.25) is 0 Å². The number of hydrogen-bond acceptors (Lipinski definition) is 4. The molecule has 0 aliphatic carbocycles. The van der Waals surface area contributed by atoms with Crippen LogP contribution >= 0.6 is 35.3 Å². The van der Waals surface area contributed by atoms with Crippen LogP contribution in [0.4, 0.5) is 8.78 Å². The van der Waals surface area contributed by atoms with Crippen LogP contribution in [0, 0.1) is 11.3 Å². The van der Waals surface area contributed by atoms with E-state index in [1.54, 1.807) is 30.0 Å². The van der Waals surface area contributed by atoms with E-state index in [1.165, 1.54) is 6.07 Å². The highest BCUT2D eigenvalue weighted by molar-refractivity contribution is 9.10. The van der Waals surface area contributed by atoms with E-state index in [1.807, 2.05) is 18.2 Å². The fourth-order valence-corrected chi connectivity index (χ4v) is 3.99. The first-order chi connectivity index (χ1) is 11.8. The highest BCUT2D eigenvalue weighted by Gasteiger charge is 2.34. The van der Waals surface area contributed by atoms with Crippen molar-refractivity contribution in [2.24, 2.45) is 0 Å². The Morgan fingerprint density at radius 3 is 2.52 bits per heavy atom. The average Bonchev–Trinajstić information content (AvgIpc) is 2.57. The Hall–Kier alpha value is -1.39. The predicted molar refractivity (Wildman–Crippen MR) is 96.8 cm³/mol. The molecular formula is C16H13BrF2NO3PS. The molecule has 0 amide bonds. The van der Waals surface area contributed by atoms with E-state index in [0.717, 1.165) is 11.1 Å². The lowest BCUT2D eigenvalue weighted by molar-refractivity contribution is 0.188. The molecule has 2 aromatic rings. The molecule has 0 bridgehead atoms. The Morgan fingerprint density at radius 1 is 1.24 bits per heavy atom. The van der Waals surface area contributed by atoms with Gasteiger partial charge in [-0.05, 0) is 51.3 Å². The Kier molecular flexibility index (Phi) is 7.03. The van der Waals surface area contributed by atoms with E-state index in [0.29, 0.717) is 21.5 Å². The third kappa shape index (κ3) is 5.82. The number of nitrogens with zero attached hydrogens (tertiary/aromatic N) is 1. The van der Waals surface area contributed by atoms with Crippen LogP contribution in [0.3, 0.4) is 0 Å². The van der Waals surface area contributed by atoms with Crippen LogP contribution in [0.1, 0.15) is 16.7 Å². The monoisotopic (exact) mass is 447 g/mol. The molecule has 1 N–H and O–H groups in total. The van der Waals surface area contributed by atoms with E-state index >= 15 is 0 Å². The van der Waals surface area contributed by atoms with E-state index in [4.69, 9.17) is 10.2 Å². The first-order valence-electron chi connectivity index (χ1n) is 6.97. The summed E-state index contributed by atoms with van der Waals surface area (Å²) in [5, 5.41) is 8.88. The molecular weight excluding hydrogens is 435 g/mol. The van der Waals surface area contributed by atoms with Gasteiger partial charge in [0.25, 0.3) is 0 Å². The first-order valence-corrected chi connectivity index (χ1v) is 10.6. The molecule has 1 atom stereocenters. The van der Waals surface area contributed by atoms with Crippen molar-refractivity contribution >= 4 is 35.3 Å². The minimum atomic E-state index is -4.99. The normalized spacial score (nSPS) is 13.3. The zero-order valence-electron chi connectivity index (χ0n) is 12.7. The molecule has 132 valence electrons.